The maximum atomic E-state index is 5.56. The highest BCUT2D eigenvalue weighted by molar-refractivity contribution is 5.31. The molecule has 0 spiro atoms. The third-order valence-corrected chi connectivity index (χ3v) is 1.96. The molecule has 1 aromatic heterocycles. The highest BCUT2D eigenvalue weighted by Gasteiger charge is 2.03. The van der Waals surface area contributed by atoms with Crippen LogP contribution < -0.4 is 10.1 Å². The molecule has 0 saturated carbocycles. The Labute approximate surface area is 103 Å². The largest absolute Gasteiger partial charge is 0.475 e. The summed E-state index contributed by atoms with van der Waals surface area (Å²) in [5.41, 5.74) is 2.17. The zero-order valence-electron chi connectivity index (χ0n) is 11.2. The minimum Gasteiger partial charge on any atom is -0.475 e. The molecule has 4 heteroatoms. The van der Waals surface area contributed by atoms with Crippen LogP contribution in [0.4, 0.5) is 5.95 Å². The summed E-state index contributed by atoms with van der Waals surface area (Å²) >= 11 is 0. The van der Waals surface area contributed by atoms with E-state index in [0.717, 1.165) is 12.2 Å². The molecule has 1 heterocycles. The van der Waals surface area contributed by atoms with Crippen LogP contribution in [0.5, 0.6) is 5.88 Å². The first kappa shape index (κ1) is 13.5. The second kappa shape index (κ2) is 6.23. The van der Waals surface area contributed by atoms with E-state index in [1.54, 1.807) is 0 Å². The Bertz CT molecular complexity index is 396. The number of nitrogens with one attached hydrogen (secondary N) is 1. The van der Waals surface area contributed by atoms with Gasteiger partial charge in [-0.2, -0.15) is 4.98 Å². The molecule has 0 aliphatic rings. The predicted octanol–water partition coefficient (Wildman–Crippen LogP) is 2.95. The molecule has 0 saturated heterocycles. The molecule has 1 rings (SSSR count). The van der Waals surface area contributed by atoms with Crippen LogP contribution in [0.1, 0.15) is 33.4 Å². The maximum absolute atomic E-state index is 5.56. The van der Waals surface area contributed by atoms with Gasteiger partial charge in [-0.15, -0.1) is 0 Å². The van der Waals surface area contributed by atoms with Crippen LogP contribution in [0.15, 0.2) is 17.7 Å². The molecule has 0 atom stereocenters. The number of anilines is 1. The van der Waals surface area contributed by atoms with Crippen molar-refractivity contribution in [3.63, 3.8) is 0 Å². The van der Waals surface area contributed by atoms with Crippen molar-refractivity contribution in [3.05, 3.63) is 23.4 Å². The Morgan fingerprint density at radius 3 is 2.71 bits per heavy atom. The van der Waals surface area contributed by atoms with Gasteiger partial charge in [0.05, 0.1) is 6.10 Å². The average Bonchev–Trinajstić information content (AvgIpc) is 2.14. The van der Waals surface area contributed by atoms with Gasteiger partial charge in [-0.3, -0.25) is 0 Å². The summed E-state index contributed by atoms with van der Waals surface area (Å²) in [7, 11) is 0. The van der Waals surface area contributed by atoms with Crippen molar-refractivity contribution < 1.29 is 4.74 Å². The van der Waals surface area contributed by atoms with Crippen molar-refractivity contribution in [2.45, 2.75) is 40.7 Å². The summed E-state index contributed by atoms with van der Waals surface area (Å²) in [5, 5.41) is 3.15. The Hall–Kier alpha value is -1.58. The number of aromatic nitrogens is 2. The lowest BCUT2D eigenvalue weighted by molar-refractivity contribution is 0.232. The number of hydrogen-bond acceptors (Lipinski definition) is 4. The van der Waals surface area contributed by atoms with Crippen molar-refractivity contribution in [1.82, 2.24) is 9.97 Å². The summed E-state index contributed by atoms with van der Waals surface area (Å²) in [6.07, 6.45) is 2.21. The van der Waals surface area contributed by atoms with Gasteiger partial charge in [0.25, 0.3) is 0 Å². The van der Waals surface area contributed by atoms with Crippen LogP contribution in [0.25, 0.3) is 0 Å². The third-order valence-electron chi connectivity index (χ3n) is 1.96. The van der Waals surface area contributed by atoms with E-state index in [-0.39, 0.29) is 6.10 Å². The number of rotatable bonds is 5. The Balaban J connectivity index is 2.72. The summed E-state index contributed by atoms with van der Waals surface area (Å²) in [6, 6.07) is 1.84. The van der Waals surface area contributed by atoms with Crippen LogP contribution in [0.3, 0.4) is 0 Å². The van der Waals surface area contributed by atoms with Gasteiger partial charge < -0.3 is 10.1 Å². The van der Waals surface area contributed by atoms with Crippen molar-refractivity contribution in [2.75, 3.05) is 11.9 Å². The molecular weight excluding hydrogens is 214 g/mol. The van der Waals surface area contributed by atoms with E-state index >= 15 is 0 Å². The zero-order valence-corrected chi connectivity index (χ0v) is 11.2. The fourth-order valence-electron chi connectivity index (χ4n) is 1.27. The van der Waals surface area contributed by atoms with Gasteiger partial charge in [-0.25, -0.2) is 4.98 Å². The van der Waals surface area contributed by atoms with Gasteiger partial charge in [0.1, 0.15) is 0 Å². The normalized spacial score (nSPS) is 10.2. The van der Waals surface area contributed by atoms with Crippen LogP contribution >= 0.6 is 0 Å². The molecule has 0 bridgehead atoms. The number of aryl methyl sites for hydroxylation is 1. The average molecular weight is 235 g/mol. The summed E-state index contributed by atoms with van der Waals surface area (Å²) in [5.74, 6) is 1.23. The van der Waals surface area contributed by atoms with E-state index in [9.17, 15) is 0 Å². The molecule has 1 aromatic rings. The molecule has 0 aliphatic carbocycles. The molecule has 0 unspecified atom stereocenters. The summed E-state index contributed by atoms with van der Waals surface area (Å²) in [6.45, 7) is 10.7. The molecule has 0 radical (unpaired) electrons. The van der Waals surface area contributed by atoms with Crippen LogP contribution in [0, 0.1) is 6.92 Å². The van der Waals surface area contributed by atoms with E-state index in [4.69, 9.17) is 4.74 Å². The Morgan fingerprint density at radius 1 is 1.41 bits per heavy atom. The maximum Gasteiger partial charge on any atom is 0.226 e. The SMILES string of the molecule is CC(C)=CCNc1nc(C)cc(OC(C)C)n1. The van der Waals surface area contributed by atoms with Gasteiger partial charge in [-0.1, -0.05) is 11.6 Å². The molecule has 0 aromatic carbocycles. The van der Waals surface area contributed by atoms with Crippen LogP contribution in [-0.4, -0.2) is 22.6 Å². The van der Waals surface area contributed by atoms with E-state index in [1.165, 1.54) is 5.57 Å². The molecule has 17 heavy (non-hydrogen) atoms. The number of hydrogen-bond donors (Lipinski definition) is 1. The zero-order chi connectivity index (χ0) is 12.8. The highest BCUT2D eigenvalue weighted by Crippen LogP contribution is 2.13. The van der Waals surface area contributed by atoms with Gasteiger partial charge in [0.2, 0.25) is 11.8 Å². The molecule has 0 fully saturated rings. The van der Waals surface area contributed by atoms with Gasteiger partial charge in [-0.05, 0) is 34.6 Å². The molecule has 94 valence electrons. The molecular formula is C13H21N3O. The molecule has 1 N–H and O–H groups in total. The molecule has 4 nitrogen and oxygen atoms in total. The van der Waals surface area contributed by atoms with Crippen LogP contribution in [0.2, 0.25) is 0 Å². The van der Waals surface area contributed by atoms with E-state index < -0.39 is 0 Å². The minimum absolute atomic E-state index is 0.120. The molecule has 0 amide bonds. The first-order chi connectivity index (χ1) is 7.97. The monoisotopic (exact) mass is 235 g/mol. The van der Waals surface area contributed by atoms with Gasteiger partial charge in [0.15, 0.2) is 0 Å². The number of ether oxygens (including phenoxy) is 1. The van der Waals surface area contributed by atoms with E-state index in [0.29, 0.717) is 11.8 Å². The highest BCUT2D eigenvalue weighted by atomic mass is 16.5. The Kier molecular flexibility index (Phi) is 4.94. The van der Waals surface area contributed by atoms with Crippen LogP contribution in [-0.2, 0) is 0 Å². The fourth-order valence-corrected chi connectivity index (χ4v) is 1.27. The van der Waals surface area contributed by atoms with Crippen molar-refractivity contribution >= 4 is 5.95 Å². The van der Waals surface area contributed by atoms with E-state index in [2.05, 4.69) is 35.2 Å². The smallest absolute Gasteiger partial charge is 0.226 e. The topological polar surface area (TPSA) is 47.0 Å². The first-order valence-corrected chi connectivity index (χ1v) is 5.87. The standard InChI is InChI=1S/C13H21N3O/c1-9(2)6-7-14-13-15-11(5)8-12(16-13)17-10(3)4/h6,8,10H,7H2,1-5H3,(H,14,15,16). The Morgan fingerprint density at radius 2 is 2.12 bits per heavy atom. The lowest BCUT2D eigenvalue weighted by Crippen LogP contribution is -2.10. The predicted molar refractivity (Wildman–Crippen MR) is 70.5 cm³/mol. The second-order valence-corrected chi connectivity index (χ2v) is 4.50. The molecule has 0 aliphatic heterocycles. The summed E-state index contributed by atoms with van der Waals surface area (Å²) in [4.78, 5) is 8.60. The van der Waals surface area contributed by atoms with Crippen molar-refractivity contribution in [1.29, 1.82) is 0 Å². The lowest BCUT2D eigenvalue weighted by Gasteiger charge is -2.10. The number of allylic oxidation sites excluding steroid dienone is 1. The second-order valence-electron chi connectivity index (χ2n) is 4.50. The summed E-state index contributed by atoms with van der Waals surface area (Å²) < 4.78 is 5.56. The third kappa shape index (κ3) is 5.33. The van der Waals surface area contributed by atoms with E-state index in [1.807, 2.05) is 26.8 Å². The fraction of sp³-hybridized carbons (Fsp3) is 0.538. The van der Waals surface area contributed by atoms with Crippen molar-refractivity contribution in [2.24, 2.45) is 0 Å². The van der Waals surface area contributed by atoms with Gasteiger partial charge >= 0.3 is 0 Å². The lowest BCUT2D eigenvalue weighted by atomic mass is 10.3. The number of nitrogens with zero attached hydrogens (tertiary/aromatic N) is 2. The van der Waals surface area contributed by atoms with Gasteiger partial charge in [0, 0.05) is 18.3 Å². The first-order valence-electron chi connectivity index (χ1n) is 5.87. The van der Waals surface area contributed by atoms with Crippen molar-refractivity contribution in [3.8, 4) is 5.88 Å². The minimum atomic E-state index is 0.120. The quantitative estimate of drug-likeness (QED) is 0.797.